The Kier molecular flexibility index (Phi) is 5.72. The molecule has 19 heavy (non-hydrogen) atoms. The second-order valence-corrected chi connectivity index (χ2v) is 8.47. The zero-order valence-electron chi connectivity index (χ0n) is 10.9. The zero-order valence-corrected chi connectivity index (χ0v) is 14.8. The molecule has 108 valence electrons. The maximum Gasteiger partial charge on any atom is 0.243 e. The van der Waals surface area contributed by atoms with Gasteiger partial charge in [0.15, 0.2) is 0 Å². The van der Waals surface area contributed by atoms with Gasteiger partial charge in [-0.05, 0) is 24.0 Å². The van der Waals surface area contributed by atoms with E-state index in [1.54, 1.807) is 0 Å². The standard InChI is InChI=1S/C12H16BrCl2NO2S/c1-4-12(2,3)7-16-19(17,18)11-9(14)5-8(13)6-10(11)15/h5-6,16H,4,7H2,1-3H3. The highest BCUT2D eigenvalue weighted by Gasteiger charge is 2.25. The van der Waals surface area contributed by atoms with Gasteiger partial charge in [0.2, 0.25) is 10.0 Å². The molecule has 0 aromatic heterocycles. The third-order valence-corrected chi connectivity index (χ3v) is 5.71. The van der Waals surface area contributed by atoms with Gasteiger partial charge in [-0.3, -0.25) is 0 Å². The monoisotopic (exact) mass is 387 g/mol. The second-order valence-electron chi connectivity index (χ2n) is 5.04. The minimum atomic E-state index is -3.72. The molecule has 0 saturated carbocycles. The Bertz CT molecular complexity index is 550. The number of hydrogen-bond acceptors (Lipinski definition) is 2. The molecule has 0 aliphatic heterocycles. The summed E-state index contributed by atoms with van der Waals surface area (Å²) in [5, 5.41) is 0.197. The number of halogens is 3. The molecule has 0 aliphatic rings. The molecule has 1 aromatic rings. The first-order valence-corrected chi connectivity index (χ1v) is 8.76. The SMILES string of the molecule is CCC(C)(C)CNS(=O)(=O)c1c(Cl)cc(Br)cc1Cl. The molecular weight excluding hydrogens is 373 g/mol. The van der Waals surface area contributed by atoms with Crippen LogP contribution in [0.15, 0.2) is 21.5 Å². The van der Waals surface area contributed by atoms with E-state index in [9.17, 15) is 8.42 Å². The fourth-order valence-corrected chi connectivity index (χ4v) is 4.45. The maximum atomic E-state index is 12.3. The van der Waals surface area contributed by atoms with Gasteiger partial charge in [-0.1, -0.05) is 59.9 Å². The van der Waals surface area contributed by atoms with E-state index in [1.807, 2.05) is 20.8 Å². The van der Waals surface area contributed by atoms with Crippen LogP contribution < -0.4 is 4.72 Å². The maximum absolute atomic E-state index is 12.3. The fourth-order valence-electron chi connectivity index (χ4n) is 1.27. The molecule has 0 heterocycles. The zero-order chi connectivity index (χ0) is 14.8. The van der Waals surface area contributed by atoms with Crippen molar-refractivity contribution in [2.24, 2.45) is 5.41 Å². The third-order valence-electron chi connectivity index (χ3n) is 2.93. The van der Waals surface area contributed by atoms with Crippen molar-refractivity contribution in [3.63, 3.8) is 0 Å². The summed E-state index contributed by atoms with van der Waals surface area (Å²) in [7, 11) is -3.72. The lowest BCUT2D eigenvalue weighted by Crippen LogP contribution is -2.33. The van der Waals surface area contributed by atoms with Crippen LogP contribution in [0.3, 0.4) is 0 Å². The molecule has 0 amide bonds. The summed E-state index contributed by atoms with van der Waals surface area (Å²) in [6, 6.07) is 3.01. The van der Waals surface area contributed by atoms with Crippen molar-refractivity contribution >= 4 is 49.2 Å². The van der Waals surface area contributed by atoms with Gasteiger partial charge in [0.05, 0.1) is 10.0 Å². The molecule has 0 spiro atoms. The Morgan fingerprint density at radius 1 is 1.26 bits per heavy atom. The molecule has 0 saturated heterocycles. The summed E-state index contributed by atoms with van der Waals surface area (Å²) in [5.41, 5.74) is -0.124. The minimum Gasteiger partial charge on any atom is -0.211 e. The van der Waals surface area contributed by atoms with Crippen LogP contribution in [0.4, 0.5) is 0 Å². The van der Waals surface area contributed by atoms with E-state index < -0.39 is 10.0 Å². The van der Waals surface area contributed by atoms with Gasteiger partial charge in [0, 0.05) is 11.0 Å². The second kappa shape index (κ2) is 6.31. The number of sulfonamides is 1. The van der Waals surface area contributed by atoms with E-state index in [1.165, 1.54) is 12.1 Å². The molecule has 0 radical (unpaired) electrons. The average molecular weight is 389 g/mol. The van der Waals surface area contributed by atoms with E-state index in [4.69, 9.17) is 23.2 Å². The smallest absolute Gasteiger partial charge is 0.211 e. The van der Waals surface area contributed by atoms with Crippen molar-refractivity contribution in [2.45, 2.75) is 32.1 Å². The lowest BCUT2D eigenvalue weighted by atomic mass is 9.91. The first kappa shape index (κ1) is 17.2. The van der Waals surface area contributed by atoms with Crippen LogP contribution in [0, 0.1) is 5.41 Å². The Balaban J connectivity index is 3.09. The largest absolute Gasteiger partial charge is 0.243 e. The predicted molar refractivity (Wildman–Crippen MR) is 83.4 cm³/mol. The van der Waals surface area contributed by atoms with Gasteiger partial charge in [-0.2, -0.15) is 0 Å². The normalized spacial score (nSPS) is 12.7. The molecule has 0 bridgehead atoms. The Morgan fingerprint density at radius 3 is 2.16 bits per heavy atom. The molecule has 1 aromatic carbocycles. The van der Waals surface area contributed by atoms with Crippen LogP contribution in [0.2, 0.25) is 10.0 Å². The van der Waals surface area contributed by atoms with Gasteiger partial charge in [0.1, 0.15) is 4.90 Å². The summed E-state index contributed by atoms with van der Waals surface area (Å²) in [5.74, 6) is 0. The van der Waals surface area contributed by atoms with Crippen molar-refractivity contribution in [1.82, 2.24) is 4.72 Å². The van der Waals surface area contributed by atoms with E-state index in [-0.39, 0.29) is 20.4 Å². The molecule has 0 aliphatic carbocycles. The summed E-state index contributed by atoms with van der Waals surface area (Å²) < 4.78 is 27.7. The highest BCUT2D eigenvalue weighted by molar-refractivity contribution is 9.10. The molecule has 3 nitrogen and oxygen atoms in total. The first-order chi connectivity index (χ1) is 8.59. The molecule has 7 heteroatoms. The topological polar surface area (TPSA) is 46.2 Å². The first-order valence-electron chi connectivity index (χ1n) is 5.73. The van der Waals surface area contributed by atoms with Gasteiger partial charge in [0.25, 0.3) is 0 Å². The van der Waals surface area contributed by atoms with Crippen LogP contribution in [0.1, 0.15) is 27.2 Å². The predicted octanol–water partition coefficient (Wildman–Crippen LogP) is 4.47. The van der Waals surface area contributed by atoms with Crippen molar-refractivity contribution < 1.29 is 8.42 Å². The highest BCUT2D eigenvalue weighted by atomic mass is 79.9. The molecule has 0 unspecified atom stereocenters. The number of rotatable bonds is 5. The van der Waals surface area contributed by atoms with Crippen LogP contribution in [0.25, 0.3) is 0 Å². The molecule has 1 rings (SSSR count). The molecule has 0 fully saturated rings. The van der Waals surface area contributed by atoms with Crippen LogP contribution in [-0.4, -0.2) is 15.0 Å². The van der Waals surface area contributed by atoms with Gasteiger partial charge in [-0.25, -0.2) is 13.1 Å². The summed E-state index contributed by atoms with van der Waals surface area (Å²) in [6.07, 6.45) is 0.858. The Hall–Kier alpha value is 0.190. The number of hydrogen-bond donors (Lipinski definition) is 1. The van der Waals surface area contributed by atoms with E-state index in [2.05, 4.69) is 20.7 Å². The molecule has 1 N–H and O–H groups in total. The molecule has 0 atom stereocenters. The molecular formula is C12H16BrCl2NO2S. The lowest BCUT2D eigenvalue weighted by molar-refractivity contribution is 0.350. The van der Waals surface area contributed by atoms with Crippen LogP contribution >= 0.6 is 39.1 Å². The van der Waals surface area contributed by atoms with Crippen LogP contribution in [0.5, 0.6) is 0 Å². The van der Waals surface area contributed by atoms with E-state index in [0.717, 1.165) is 6.42 Å². The van der Waals surface area contributed by atoms with Crippen molar-refractivity contribution in [1.29, 1.82) is 0 Å². The highest BCUT2D eigenvalue weighted by Crippen LogP contribution is 2.33. The Morgan fingerprint density at radius 2 is 1.74 bits per heavy atom. The number of nitrogens with one attached hydrogen (secondary N) is 1. The van der Waals surface area contributed by atoms with Crippen molar-refractivity contribution in [2.75, 3.05) is 6.54 Å². The summed E-state index contributed by atoms with van der Waals surface area (Å²) in [6.45, 7) is 6.31. The van der Waals surface area contributed by atoms with Gasteiger partial charge in [-0.15, -0.1) is 0 Å². The van der Waals surface area contributed by atoms with Gasteiger partial charge >= 0.3 is 0 Å². The average Bonchev–Trinajstić information content (AvgIpc) is 2.25. The number of benzene rings is 1. The van der Waals surface area contributed by atoms with Crippen LogP contribution in [-0.2, 0) is 10.0 Å². The van der Waals surface area contributed by atoms with Crippen molar-refractivity contribution in [3.8, 4) is 0 Å². The van der Waals surface area contributed by atoms with E-state index in [0.29, 0.717) is 11.0 Å². The fraction of sp³-hybridized carbons (Fsp3) is 0.500. The van der Waals surface area contributed by atoms with Gasteiger partial charge < -0.3 is 0 Å². The van der Waals surface area contributed by atoms with E-state index >= 15 is 0 Å². The summed E-state index contributed by atoms with van der Waals surface area (Å²) in [4.78, 5) is -0.0778. The quantitative estimate of drug-likeness (QED) is 0.808. The Labute approximate surface area is 132 Å². The third kappa shape index (κ3) is 4.60. The summed E-state index contributed by atoms with van der Waals surface area (Å²) >= 11 is 15.2. The minimum absolute atomic E-state index is 0.0778. The van der Waals surface area contributed by atoms with Crippen molar-refractivity contribution in [3.05, 3.63) is 26.7 Å². The lowest BCUT2D eigenvalue weighted by Gasteiger charge is -2.23.